The second-order valence-corrected chi connectivity index (χ2v) is 5.19. The highest BCUT2D eigenvalue weighted by atomic mass is 15.3. The fourth-order valence-electron chi connectivity index (χ4n) is 2.99. The Kier molecular flexibility index (Phi) is 2.08. The molecule has 0 spiro atoms. The monoisotopic (exact) mass is 202 g/mol. The molecular formula is C13H18N2. The molecule has 2 atom stereocenters. The third-order valence-corrected chi connectivity index (χ3v) is 3.75. The number of nitrogens with zero attached hydrogens (tertiary/aromatic N) is 1. The molecule has 2 aliphatic heterocycles. The van der Waals surface area contributed by atoms with Crippen LogP contribution in [-0.4, -0.2) is 29.6 Å². The average Bonchev–Trinajstić information content (AvgIpc) is 2.74. The summed E-state index contributed by atoms with van der Waals surface area (Å²) in [6.07, 6.45) is 1.32. The first-order valence-corrected chi connectivity index (χ1v) is 5.78. The quantitative estimate of drug-likeness (QED) is 0.784. The van der Waals surface area contributed by atoms with E-state index in [1.807, 2.05) is 0 Å². The highest BCUT2D eigenvalue weighted by molar-refractivity contribution is 5.16. The van der Waals surface area contributed by atoms with Crippen LogP contribution in [0.25, 0.3) is 0 Å². The number of piperazine rings is 1. The average molecular weight is 202 g/mol. The van der Waals surface area contributed by atoms with Crippen molar-refractivity contribution in [3.8, 4) is 0 Å². The molecule has 1 aromatic carbocycles. The molecule has 2 heteroatoms. The summed E-state index contributed by atoms with van der Waals surface area (Å²) in [6, 6.07) is 11.6. The molecule has 0 unspecified atom stereocenters. The number of hydrogen-bond donors (Lipinski definition) is 1. The maximum atomic E-state index is 3.61. The SMILES string of the molecule is C[C@]12C[C@@H](CN1)N(Cc1ccccc1)C2. The lowest BCUT2D eigenvalue weighted by molar-refractivity contribution is 0.196. The van der Waals surface area contributed by atoms with Crippen molar-refractivity contribution in [3.63, 3.8) is 0 Å². The summed E-state index contributed by atoms with van der Waals surface area (Å²) < 4.78 is 0. The van der Waals surface area contributed by atoms with Crippen LogP contribution in [0.3, 0.4) is 0 Å². The first-order chi connectivity index (χ1) is 7.25. The topological polar surface area (TPSA) is 15.3 Å². The number of benzene rings is 1. The molecule has 1 N–H and O–H groups in total. The van der Waals surface area contributed by atoms with Gasteiger partial charge < -0.3 is 5.32 Å². The van der Waals surface area contributed by atoms with Gasteiger partial charge in [0.15, 0.2) is 0 Å². The molecule has 0 radical (unpaired) electrons. The second kappa shape index (κ2) is 3.32. The summed E-state index contributed by atoms with van der Waals surface area (Å²) in [6.45, 7) is 5.83. The van der Waals surface area contributed by atoms with E-state index in [4.69, 9.17) is 0 Å². The van der Waals surface area contributed by atoms with Crippen LogP contribution in [0, 0.1) is 0 Å². The van der Waals surface area contributed by atoms with Gasteiger partial charge in [-0.2, -0.15) is 0 Å². The molecule has 2 nitrogen and oxygen atoms in total. The van der Waals surface area contributed by atoms with Crippen molar-refractivity contribution in [2.75, 3.05) is 13.1 Å². The summed E-state index contributed by atoms with van der Waals surface area (Å²) in [5, 5.41) is 3.61. The molecule has 2 bridgehead atoms. The lowest BCUT2D eigenvalue weighted by atomic mass is 10.0. The summed E-state index contributed by atoms with van der Waals surface area (Å²) >= 11 is 0. The van der Waals surface area contributed by atoms with E-state index in [9.17, 15) is 0 Å². The third-order valence-electron chi connectivity index (χ3n) is 3.75. The highest BCUT2D eigenvalue weighted by Gasteiger charge is 2.45. The van der Waals surface area contributed by atoms with Crippen molar-refractivity contribution < 1.29 is 0 Å². The highest BCUT2D eigenvalue weighted by Crippen LogP contribution is 2.33. The number of nitrogens with one attached hydrogen (secondary N) is 1. The minimum absolute atomic E-state index is 0.388. The molecule has 1 aromatic rings. The first kappa shape index (κ1) is 9.37. The molecule has 2 saturated heterocycles. The molecule has 15 heavy (non-hydrogen) atoms. The fourth-order valence-corrected chi connectivity index (χ4v) is 2.99. The van der Waals surface area contributed by atoms with Gasteiger partial charge in [0.2, 0.25) is 0 Å². The van der Waals surface area contributed by atoms with E-state index in [0.29, 0.717) is 5.54 Å². The standard InChI is InChI=1S/C13H18N2/c1-13-7-12(8-14-13)15(10-13)9-11-5-3-2-4-6-11/h2-6,12,14H,7-10H2,1H3/t12-,13+/m0/s1. The molecule has 0 amide bonds. The van der Waals surface area contributed by atoms with E-state index < -0.39 is 0 Å². The van der Waals surface area contributed by atoms with Crippen molar-refractivity contribution >= 4 is 0 Å². The largest absolute Gasteiger partial charge is 0.309 e. The van der Waals surface area contributed by atoms with Crippen LogP contribution in [0.4, 0.5) is 0 Å². The van der Waals surface area contributed by atoms with Crippen LogP contribution in [0.1, 0.15) is 18.9 Å². The van der Waals surface area contributed by atoms with Gasteiger partial charge in [-0.05, 0) is 18.9 Å². The molecule has 2 aliphatic rings. The van der Waals surface area contributed by atoms with Gasteiger partial charge in [-0.1, -0.05) is 30.3 Å². The van der Waals surface area contributed by atoms with Gasteiger partial charge >= 0.3 is 0 Å². The molecule has 80 valence electrons. The zero-order chi connectivity index (χ0) is 10.3. The van der Waals surface area contributed by atoms with E-state index in [2.05, 4.69) is 47.5 Å². The van der Waals surface area contributed by atoms with Gasteiger partial charge in [-0.25, -0.2) is 0 Å². The minimum atomic E-state index is 0.388. The van der Waals surface area contributed by atoms with E-state index >= 15 is 0 Å². The molecule has 0 aromatic heterocycles. The smallest absolute Gasteiger partial charge is 0.0296 e. The van der Waals surface area contributed by atoms with Gasteiger partial charge in [-0.3, -0.25) is 4.90 Å². The Morgan fingerprint density at radius 2 is 2.20 bits per heavy atom. The van der Waals surface area contributed by atoms with E-state index in [1.165, 1.54) is 25.1 Å². The molecule has 2 heterocycles. The predicted octanol–water partition coefficient (Wildman–Crippen LogP) is 1.62. The molecular weight excluding hydrogens is 184 g/mol. The van der Waals surface area contributed by atoms with Crippen LogP contribution in [-0.2, 0) is 6.54 Å². The normalized spacial score (nSPS) is 34.9. The van der Waals surface area contributed by atoms with Crippen molar-refractivity contribution in [2.45, 2.75) is 31.5 Å². The third kappa shape index (κ3) is 1.68. The van der Waals surface area contributed by atoms with Crippen molar-refractivity contribution in [1.29, 1.82) is 0 Å². The maximum Gasteiger partial charge on any atom is 0.0296 e. The molecule has 0 saturated carbocycles. The van der Waals surface area contributed by atoms with Gasteiger partial charge in [-0.15, -0.1) is 0 Å². The number of rotatable bonds is 2. The van der Waals surface area contributed by atoms with Crippen LogP contribution in [0.15, 0.2) is 30.3 Å². The van der Waals surface area contributed by atoms with Crippen molar-refractivity contribution in [2.24, 2.45) is 0 Å². The zero-order valence-electron chi connectivity index (χ0n) is 9.24. The van der Waals surface area contributed by atoms with Gasteiger partial charge in [0.05, 0.1) is 0 Å². The number of fused-ring (bicyclic) bond motifs is 2. The summed E-state index contributed by atoms with van der Waals surface area (Å²) in [5.74, 6) is 0. The van der Waals surface area contributed by atoms with Gasteiger partial charge in [0.25, 0.3) is 0 Å². The molecule has 3 rings (SSSR count). The first-order valence-electron chi connectivity index (χ1n) is 5.78. The Bertz CT molecular complexity index is 349. The van der Waals surface area contributed by atoms with Gasteiger partial charge in [0.1, 0.15) is 0 Å². The van der Waals surface area contributed by atoms with Crippen molar-refractivity contribution in [3.05, 3.63) is 35.9 Å². The Labute approximate surface area is 91.3 Å². The van der Waals surface area contributed by atoms with Crippen LogP contribution in [0.2, 0.25) is 0 Å². The maximum absolute atomic E-state index is 3.61. The Balaban J connectivity index is 1.71. The van der Waals surface area contributed by atoms with Crippen LogP contribution >= 0.6 is 0 Å². The Morgan fingerprint density at radius 3 is 2.80 bits per heavy atom. The van der Waals surface area contributed by atoms with Crippen LogP contribution in [0.5, 0.6) is 0 Å². The molecule has 2 fully saturated rings. The minimum Gasteiger partial charge on any atom is -0.309 e. The number of likely N-dealkylation sites (tertiary alicyclic amines) is 1. The summed E-state index contributed by atoms with van der Waals surface area (Å²) in [5.41, 5.74) is 1.83. The zero-order valence-corrected chi connectivity index (χ0v) is 9.24. The van der Waals surface area contributed by atoms with Crippen molar-refractivity contribution in [1.82, 2.24) is 10.2 Å². The van der Waals surface area contributed by atoms with E-state index in [0.717, 1.165) is 12.6 Å². The molecule has 0 aliphatic carbocycles. The summed E-state index contributed by atoms with van der Waals surface area (Å²) in [7, 11) is 0. The second-order valence-electron chi connectivity index (χ2n) is 5.19. The summed E-state index contributed by atoms with van der Waals surface area (Å²) in [4.78, 5) is 2.62. The lowest BCUT2D eigenvalue weighted by Gasteiger charge is -2.31. The lowest BCUT2D eigenvalue weighted by Crippen LogP contribution is -2.49. The van der Waals surface area contributed by atoms with Crippen LogP contribution < -0.4 is 5.32 Å². The van der Waals surface area contributed by atoms with E-state index in [-0.39, 0.29) is 0 Å². The Hall–Kier alpha value is -0.860. The number of hydrogen-bond acceptors (Lipinski definition) is 2. The predicted molar refractivity (Wildman–Crippen MR) is 61.7 cm³/mol. The van der Waals surface area contributed by atoms with E-state index in [1.54, 1.807) is 0 Å². The van der Waals surface area contributed by atoms with Gasteiger partial charge in [0, 0.05) is 31.2 Å². The fraction of sp³-hybridized carbons (Fsp3) is 0.538. The Morgan fingerprint density at radius 1 is 1.40 bits per heavy atom.